The van der Waals surface area contributed by atoms with E-state index >= 15 is 0 Å². The first-order valence-electron chi connectivity index (χ1n) is 6.71. The van der Waals surface area contributed by atoms with Gasteiger partial charge in [0, 0.05) is 24.5 Å². The summed E-state index contributed by atoms with van der Waals surface area (Å²) in [5, 5.41) is 0. The molecule has 0 aliphatic carbocycles. The Hall–Kier alpha value is -1.55. The molecule has 1 heterocycles. The lowest BCUT2D eigenvalue weighted by Crippen LogP contribution is -2.29. The summed E-state index contributed by atoms with van der Waals surface area (Å²) in [6.45, 7) is 1.78. The molecule has 2 aromatic carbocycles. The second-order valence-electron chi connectivity index (χ2n) is 5.12. The Balaban J connectivity index is 1.89. The largest absolute Gasteiger partial charge is 0.398 e. The molecule has 2 aromatic rings. The molecule has 104 valence electrons. The van der Waals surface area contributed by atoms with Crippen molar-refractivity contribution in [1.29, 1.82) is 0 Å². The van der Waals surface area contributed by atoms with Crippen molar-refractivity contribution in [2.45, 2.75) is 19.4 Å². The van der Waals surface area contributed by atoms with Crippen molar-refractivity contribution in [2.24, 2.45) is 0 Å². The van der Waals surface area contributed by atoms with Crippen LogP contribution in [0.15, 0.2) is 40.9 Å². The quantitative estimate of drug-likeness (QED) is 0.837. The van der Waals surface area contributed by atoms with Crippen molar-refractivity contribution < 1.29 is 4.39 Å². The fourth-order valence-corrected chi connectivity index (χ4v) is 3.18. The molecule has 1 aliphatic heterocycles. The number of halogens is 2. The molecule has 4 heteroatoms. The van der Waals surface area contributed by atoms with Gasteiger partial charge < -0.3 is 10.6 Å². The minimum atomic E-state index is -0.225. The lowest BCUT2D eigenvalue weighted by Gasteiger charge is -2.32. The van der Waals surface area contributed by atoms with E-state index in [1.54, 1.807) is 0 Å². The molecule has 3 rings (SSSR count). The number of fused-ring (bicyclic) bond motifs is 1. The third-order valence-electron chi connectivity index (χ3n) is 3.74. The Kier molecular flexibility index (Phi) is 3.66. The van der Waals surface area contributed by atoms with Crippen LogP contribution >= 0.6 is 15.9 Å². The van der Waals surface area contributed by atoms with E-state index in [1.165, 1.54) is 17.3 Å². The van der Waals surface area contributed by atoms with E-state index < -0.39 is 0 Å². The van der Waals surface area contributed by atoms with E-state index in [9.17, 15) is 4.39 Å². The second kappa shape index (κ2) is 5.44. The molecule has 0 amide bonds. The predicted molar refractivity (Wildman–Crippen MR) is 84.3 cm³/mol. The number of hydrogen-bond acceptors (Lipinski definition) is 2. The molecule has 0 aromatic heterocycles. The van der Waals surface area contributed by atoms with Crippen molar-refractivity contribution in [3.63, 3.8) is 0 Å². The Labute approximate surface area is 126 Å². The summed E-state index contributed by atoms with van der Waals surface area (Å²) in [7, 11) is 0. The average molecular weight is 335 g/mol. The molecule has 0 fully saturated rings. The molecular weight excluding hydrogens is 319 g/mol. The molecule has 20 heavy (non-hydrogen) atoms. The third kappa shape index (κ3) is 2.52. The van der Waals surface area contributed by atoms with Crippen LogP contribution in [0.5, 0.6) is 0 Å². The van der Waals surface area contributed by atoms with E-state index in [2.05, 4.69) is 26.9 Å². The number of anilines is 2. The summed E-state index contributed by atoms with van der Waals surface area (Å²) in [6.07, 6.45) is 2.13. The van der Waals surface area contributed by atoms with Gasteiger partial charge in [0.2, 0.25) is 0 Å². The normalized spacial score (nSPS) is 14.2. The standard InChI is InChI=1S/C16H16BrFN2/c17-13-9-11(6-7-14(13)18)10-20-8-2-3-12-15(19)4-1-5-16(12)20/h1,4-7,9H,2-3,8,10,19H2. The van der Waals surface area contributed by atoms with Gasteiger partial charge in [-0.25, -0.2) is 4.39 Å². The highest BCUT2D eigenvalue weighted by Crippen LogP contribution is 2.32. The van der Waals surface area contributed by atoms with Crippen LogP contribution in [-0.2, 0) is 13.0 Å². The van der Waals surface area contributed by atoms with Gasteiger partial charge in [-0.2, -0.15) is 0 Å². The number of hydrogen-bond donors (Lipinski definition) is 1. The first-order valence-corrected chi connectivity index (χ1v) is 7.50. The predicted octanol–water partition coefficient (Wildman–Crippen LogP) is 4.12. The van der Waals surface area contributed by atoms with Crippen molar-refractivity contribution in [3.8, 4) is 0 Å². The first kappa shape index (κ1) is 13.4. The van der Waals surface area contributed by atoms with Crippen LogP contribution < -0.4 is 10.6 Å². The fourth-order valence-electron chi connectivity index (χ4n) is 2.75. The molecule has 0 atom stereocenters. The van der Waals surface area contributed by atoms with Gasteiger partial charge in [-0.15, -0.1) is 0 Å². The maximum Gasteiger partial charge on any atom is 0.137 e. The van der Waals surface area contributed by atoms with Gasteiger partial charge >= 0.3 is 0 Å². The summed E-state index contributed by atoms with van der Waals surface area (Å²) in [5.41, 5.74) is 10.5. The lowest BCUT2D eigenvalue weighted by molar-refractivity contribution is 0.619. The minimum absolute atomic E-state index is 0.225. The fraction of sp³-hybridized carbons (Fsp3) is 0.250. The van der Waals surface area contributed by atoms with E-state index in [-0.39, 0.29) is 5.82 Å². The smallest absolute Gasteiger partial charge is 0.137 e. The number of rotatable bonds is 2. The Morgan fingerprint density at radius 2 is 2.10 bits per heavy atom. The maximum absolute atomic E-state index is 13.3. The Morgan fingerprint density at radius 3 is 2.90 bits per heavy atom. The molecular formula is C16H16BrFN2. The van der Waals surface area contributed by atoms with Gasteiger partial charge in [0.25, 0.3) is 0 Å². The molecule has 2 N–H and O–H groups in total. The topological polar surface area (TPSA) is 29.3 Å². The highest BCUT2D eigenvalue weighted by Gasteiger charge is 2.18. The van der Waals surface area contributed by atoms with E-state index in [0.29, 0.717) is 4.47 Å². The van der Waals surface area contributed by atoms with Crippen molar-refractivity contribution >= 4 is 27.3 Å². The van der Waals surface area contributed by atoms with Crippen LogP contribution in [0.25, 0.3) is 0 Å². The molecule has 0 unspecified atom stereocenters. The summed E-state index contributed by atoms with van der Waals surface area (Å²) in [6, 6.07) is 11.2. The second-order valence-corrected chi connectivity index (χ2v) is 5.97. The Bertz CT molecular complexity index is 642. The van der Waals surface area contributed by atoms with Crippen LogP contribution in [0.1, 0.15) is 17.5 Å². The number of benzene rings is 2. The zero-order valence-electron chi connectivity index (χ0n) is 11.1. The molecule has 0 saturated carbocycles. The van der Waals surface area contributed by atoms with E-state index in [4.69, 9.17) is 5.73 Å². The van der Waals surface area contributed by atoms with Crippen LogP contribution in [0.3, 0.4) is 0 Å². The molecule has 0 bridgehead atoms. The minimum Gasteiger partial charge on any atom is -0.398 e. The Morgan fingerprint density at radius 1 is 1.25 bits per heavy atom. The van der Waals surface area contributed by atoms with Gasteiger partial charge in [-0.05, 0) is 64.2 Å². The van der Waals surface area contributed by atoms with Gasteiger partial charge in [0.1, 0.15) is 5.82 Å². The zero-order chi connectivity index (χ0) is 14.1. The first-order chi connectivity index (χ1) is 9.65. The zero-order valence-corrected chi connectivity index (χ0v) is 12.7. The van der Waals surface area contributed by atoms with Gasteiger partial charge in [0.15, 0.2) is 0 Å². The summed E-state index contributed by atoms with van der Waals surface area (Å²) < 4.78 is 13.8. The SMILES string of the molecule is Nc1cccc2c1CCCN2Cc1ccc(F)c(Br)c1. The monoisotopic (exact) mass is 334 g/mol. The number of nitrogens with zero attached hydrogens (tertiary/aromatic N) is 1. The molecule has 0 radical (unpaired) electrons. The molecule has 2 nitrogen and oxygen atoms in total. The average Bonchev–Trinajstić information content (AvgIpc) is 2.44. The molecule has 1 aliphatic rings. The van der Waals surface area contributed by atoms with Crippen LogP contribution in [0, 0.1) is 5.82 Å². The number of nitrogens with two attached hydrogens (primary N) is 1. The summed E-state index contributed by atoms with van der Waals surface area (Å²) in [5.74, 6) is -0.225. The van der Waals surface area contributed by atoms with Crippen LogP contribution in [0.2, 0.25) is 0 Å². The lowest BCUT2D eigenvalue weighted by atomic mass is 9.99. The highest BCUT2D eigenvalue weighted by atomic mass is 79.9. The van der Waals surface area contributed by atoms with Crippen molar-refractivity contribution in [2.75, 3.05) is 17.2 Å². The van der Waals surface area contributed by atoms with Crippen LogP contribution in [-0.4, -0.2) is 6.54 Å². The van der Waals surface area contributed by atoms with Crippen LogP contribution in [0.4, 0.5) is 15.8 Å². The van der Waals surface area contributed by atoms with E-state index in [0.717, 1.165) is 37.2 Å². The third-order valence-corrected chi connectivity index (χ3v) is 4.35. The van der Waals surface area contributed by atoms with Gasteiger partial charge in [0.05, 0.1) is 4.47 Å². The van der Waals surface area contributed by atoms with E-state index in [1.807, 2.05) is 24.3 Å². The van der Waals surface area contributed by atoms with Crippen molar-refractivity contribution in [3.05, 3.63) is 57.8 Å². The van der Waals surface area contributed by atoms with Crippen molar-refractivity contribution in [1.82, 2.24) is 0 Å². The van der Waals surface area contributed by atoms with Gasteiger partial charge in [-0.3, -0.25) is 0 Å². The highest BCUT2D eigenvalue weighted by molar-refractivity contribution is 9.10. The maximum atomic E-state index is 13.3. The summed E-state index contributed by atoms with van der Waals surface area (Å²) in [4.78, 5) is 2.31. The van der Waals surface area contributed by atoms with Gasteiger partial charge in [-0.1, -0.05) is 12.1 Å². The molecule has 0 saturated heterocycles. The molecule has 0 spiro atoms. The summed E-state index contributed by atoms with van der Waals surface area (Å²) >= 11 is 3.24. The number of nitrogen functional groups attached to an aromatic ring is 1.